The van der Waals surface area contributed by atoms with Crippen LogP contribution in [0.15, 0.2) is 24.4 Å². The Hall–Kier alpha value is -3.42. The molecule has 3 heterocycles. The number of benzene rings is 1. The lowest BCUT2D eigenvalue weighted by atomic mass is 9.89. The van der Waals surface area contributed by atoms with Crippen molar-refractivity contribution in [1.82, 2.24) is 19.9 Å². The average Bonchev–Trinajstić information content (AvgIpc) is 3.12. The minimum absolute atomic E-state index is 0.0866. The van der Waals surface area contributed by atoms with Gasteiger partial charge in [-0.3, -0.25) is 4.79 Å². The number of hydrogen-bond donors (Lipinski definition) is 1. The van der Waals surface area contributed by atoms with Crippen molar-refractivity contribution in [1.29, 1.82) is 0 Å². The molecule has 2 aromatic heterocycles. The maximum Gasteiger partial charge on any atom is 0.490 e. The molecule has 1 aromatic carbocycles. The molecule has 162 valence electrons. The van der Waals surface area contributed by atoms with Crippen LogP contribution < -0.4 is 14.2 Å². The van der Waals surface area contributed by atoms with Crippen molar-refractivity contribution in [3.63, 3.8) is 0 Å². The smallest absolute Gasteiger partial charge is 0.434 e. The molecule has 0 fully saturated rings. The molecule has 0 radical (unpaired) electrons. The van der Waals surface area contributed by atoms with Crippen molar-refractivity contribution in [3.8, 4) is 11.6 Å². The summed E-state index contributed by atoms with van der Waals surface area (Å²) in [5, 5.41) is 6.91. The number of halogens is 4. The van der Waals surface area contributed by atoms with Gasteiger partial charge < -0.3 is 14.2 Å². The largest absolute Gasteiger partial charge is 0.490 e. The van der Waals surface area contributed by atoms with Gasteiger partial charge in [0.05, 0.1) is 17.9 Å². The fourth-order valence-corrected chi connectivity index (χ4v) is 4.41. The Labute approximate surface area is 171 Å². The molecule has 0 unspecified atom stereocenters. The first-order chi connectivity index (χ1) is 14.6. The van der Waals surface area contributed by atoms with Crippen LogP contribution in [0, 0.1) is 5.82 Å². The highest BCUT2D eigenvalue weighted by Crippen LogP contribution is 2.51. The summed E-state index contributed by atoms with van der Waals surface area (Å²) >= 11 is 0. The molecule has 31 heavy (non-hydrogen) atoms. The standard InChI is InChI=1S/C17H10F4N4O5S/c18-8-5-25-14(23-16(8)30-31(21,27)28)12-7-4-9(13(12)24-25)22-15(26)6-2-1-3-10(11(6)7)29-17(19)20/h1-3,5,7,9,17H,4H2,(H,22,26)/t7-,9-/m1/s1. The Kier molecular flexibility index (Phi) is 4.12. The number of carbonyl (C=O) groups is 1. The van der Waals surface area contributed by atoms with Gasteiger partial charge in [0.15, 0.2) is 5.65 Å². The quantitative estimate of drug-likeness (QED) is 0.472. The van der Waals surface area contributed by atoms with E-state index >= 15 is 0 Å². The fraction of sp³-hybridized carbons (Fsp3) is 0.235. The van der Waals surface area contributed by atoms with Crippen LogP contribution in [-0.2, 0) is 10.5 Å². The van der Waals surface area contributed by atoms with Gasteiger partial charge in [0.25, 0.3) is 11.8 Å². The molecule has 1 amide bonds. The highest BCUT2D eigenvalue weighted by molar-refractivity contribution is 7.81. The molecule has 2 bridgehead atoms. The van der Waals surface area contributed by atoms with Crippen LogP contribution in [-0.4, -0.2) is 35.5 Å². The highest BCUT2D eigenvalue weighted by atomic mass is 32.3. The van der Waals surface area contributed by atoms with E-state index in [1.807, 2.05) is 0 Å². The van der Waals surface area contributed by atoms with E-state index in [4.69, 9.17) is 0 Å². The number of carbonyl (C=O) groups excluding carboxylic acids is 1. The van der Waals surface area contributed by atoms with Crippen LogP contribution in [0.5, 0.6) is 11.6 Å². The topological polar surface area (TPSA) is 112 Å². The first kappa shape index (κ1) is 19.5. The van der Waals surface area contributed by atoms with Crippen LogP contribution >= 0.6 is 0 Å². The number of nitrogens with one attached hydrogen (secondary N) is 1. The first-order valence-electron chi connectivity index (χ1n) is 8.73. The molecule has 0 saturated carbocycles. The van der Waals surface area contributed by atoms with E-state index in [1.54, 1.807) is 0 Å². The molecular formula is C17H10F4N4O5S. The van der Waals surface area contributed by atoms with Crippen molar-refractivity contribution in [2.24, 2.45) is 0 Å². The number of hydrogen-bond acceptors (Lipinski definition) is 7. The Morgan fingerprint density at radius 3 is 2.74 bits per heavy atom. The third-order valence-corrected chi connectivity index (χ3v) is 5.46. The van der Waals surface area contributed by atoms with Gasteiger partial charge in [-0.25, -0.2) is 4.52 Å². The summed E-state index contributed by atoms with van der Waals surface area (Å²) < 4.78 is 84.1. The predicted octanol–water partition coefficient (Wildman–Crippen LogP) is 2.38. The second-order valence-electron chi connectivity index (χ2n) is 6.85. The number of rotatable bonds is 4. The van der Waals surface area contributed by atoms with Crippen molar-refractivity contribution < 1.29 is 39.2 Å². The summed E-state index contributed by atoms with van der Waals surface area (Å²) in [6.45, 7) is -3.15. The zero-order valence-electron chi connectivity index (χ0n) is 15.1. The van der Waals surface area contributed by atoms with Crippen molar-refractivity contribution in [3.05, 3.63) is 52.6 Å². The minimum Gasteiger partial charge on any atom is -0.434 e. The van der Waals surface area contributed by atoms with Crippen LogP contribution in [0.4, 0.5) is 17.1 Å². The van der Waals surface area contributed by atoms with Gasteiger partial charge >= 0.3 is 17.1 Å². The lowest BCUT2D eigenvalue weighted by molar-refractivity contribution is -0.0505. The number of alkyl halides is 2. The molecule has 1 N–H and O–H groups in total. The molecule has 5 rings (SSSR count). The van der Waals surface area contributed by atoms with Crippen LogP contribution in [0.1, 0.15) is 45.6 Å². The van der Waals surface area contributed by atoms with Gasteiger partial charge in [-0.15, -0.1) is 0 Å². The molecular weight excluding hydrogens is 448 g/mol. The normalized spacial score (nSPS) is 19.7. The molecule has 14 heteroatoms. The summed E-state index contributed by atoms with van der Waals surface area (Å²) in [5.41, 5.74) is 0.765. The summed E-state index contributed by atoms with van der Waals surface area (Å²) in [7, 11) is -5.56. The average molecular weight is 458 g/mol. The number of fused-ring (bicyclic) bond motifs is 9. The van der Waals surface area contributed by atoms with E-state index in [-0.39, 0.29) is 34.6 Å². The number of ether oxygens (including phenoxy) is 1. The van der Waals surface area contributed by atoms with E-state index in [0.717, 1.165) is 10.7 Å². The van der Waals surface area contributed by atoms with Crippen molar-refractivity contribution >= 4 is 22.1 Å². The summed E-state index contributed by atoms with van der Waals surface area (Å²) in [6, 6.07) is 3.45. The van der Waals surface area contributed by atoms with Gasteiger partial charge in [0.1, 0.15) is 5.75 Å². The second-order valence-corrected chi connectivity index (χ2v) is 7.80. The SMILES string of the molecule is O=C1N[C@@H]2C[C@H](c3c(OC(F)F)cccc31)c1c2nn2cc(F)c(OS(=O)(=O)F)nc12. The van der Waals surface area contributed by atoms with Crippen LogP contribution in [0.2, 0.25) is 0 Å². The Balaban J connectivity index is 1.75. The first-order valence-corrected chi connectivity index (χ1v) is 10.0. The Morgan fingerprint density at radius 2 is 2.03 bits per heavy atom. The monoisotopic (exact) mass is 458 g/mol. The zero-order valence-corrected chi connectivity index (χ0v) is 15.9. The third kappa shape index (κ3) is 3.13. The predicted molar refractivity (Wildman–Crippen MR) is 93.3 cm³/mol. The molecule has 2 atom stereocenters. The van der Waals surface area contributed by atoms with E-state index in [0.29, 0.717) is 5.56 Å². The van der Waals surface area contributed by atoms with Crippen LogP contribution in [0.3, 0.4) is 0 Å². The van der Waals surface area contributed by atoms with Crippen molar-refractivity contribution in [2.45, 2.75) is 25.0 Å². The van der Waals surface area contributed by atoms with E-state index < -0.39 is 46.7 Å². The molecule has 2 aliphatic rings. The van der Waals surface area contributed by atoms with Gasteiger partial charge in [0.2, 0.25) is 5.82 Å². The lowest BCUT2D eigenvalue weighted by Crippen LogP contribution is -2.27. The van der Waals surface area contributed by atoms with E-state index in [9.17, 15) is 30.3 Å². The Morgan fingerprint density at radius 1 is 1.26 bits per heavy atom. The number of amides is 1. The molecule has 1 aliphatic heterocycles. The molecule has 3 aromatic rings. The molecule has 1 aliphatic carbocycles. The second kappa shape index (κ2) is 6.54. The number of aromatic nitrogens is 3. The third-order valence-electron chi connectivity index (χ3n) is 5.11. The molecule has 0 saturated heterocycles. The summed E-state index contributed by atoms with van der Waals surface area (Å²) in [6.07, 6.45) is 0.949. The Bertz CT molecular complexity index is 1360. The molecule has 9 nitrogen and oxygen atoms in total. The van der Waals surface area contributed by atoms with Gasteiger partial charge in [-0.2, -0.15) is 31.7 Å². The van der Waals surface area contributed by atoms with E-state index in [2.05, 4.69) is 24.3 Å². The summed E-state index contributed by atoms with van der Waals surface area (Å²) in [5.74, 6) is -3.93. The fourth-order valence-electron chi connectivity index (χ4n) is 4.10. The van der Waals surface area contributed by atoms with Crippen molar-refractivity contribution in [2.75, 3.05) is 0 Å². The highest BCUT2D eigenvalue weighted by Gasteiger charge is 2.44. The van der Waals surface area contributed by atoms with Gasteiger partial charge in [-0.1, -0.05) is 9.95 Å². The van der Waals surface area contributed by atoms with Gasteiger partial charge in [0, 0.05) is 22.6 Å². The van der Waals surface area contributed by atoms with E-state index in [1.165, 1.54) is 18.2 Å². The maximum atomic E-state index is 14.1. The number of nitrogens with zero attached hydrogens (tertiary/aromatic N) is 3. The summed E-state index contributed by atoms with van der Waals surface area (Å²) in [4.78, 5) is 16.4. The minimum atomic E-state index is -5.56. The molecule has 0 spiro atoms. The van der Waals surface area contributed by atoms with Crippen LogP contribution in [0.25, 0.3) is 5.65 Å². The lowest BCUT2D eigenvalue weighted by Gasteiger charge is -2.18. The maximum absolute atomic E-state index is 14.1. The zero-order chi connectivity index (χ0) is 22.1. The van der Waals surface area contributed by atoms with Gasteiger partial charge in [-0.05, 0) is 18.6 Å².